The summed E-state index contributed by atoms with van der Waals surface area (Å²) in [5, 5.41) is 9.57. The number of nitrogens with zero attached hydrogens (tertiary/aromatic N) is 5. The number of piperidine rings is 1. The number of hydrogen-bond donors (Lipinski definition) is 0. The molecule has 0 radical (unpaired) electrons. The van der Waals surface area contributed by atoms with E-state index in [4.69, 9.17) is 0 Å². The van der Waals surface area contributed by atoms with Crippen LogP contribution in [0, 0.1) is 21.8 Å². The molecular formula is C16H16IN5. The van der Waals surface area contributed by atoms with Gasteiger partial charge in [0.1, 0.15) is 18.2 Å². The number of nitriles is 1. The molecule has 1 atom stereocenters. The molecule has 6 heteroatoms. The van der Waals surface area contributed by atoms with Crippen molar-refractivity contribution in [3.8, 4) is 6.07 Å². The Morgan fingerprint density at radius 3 is 2.77 bits per heavy atom. The van der Waals surface area contributed by atoms with Gasteiger partial charge < -0.3 is 4.90 Å². The van der Waals surface area contributed by atoms with E-state index in [1.807, 2.05) is 25.5 Å². The van der Waals surface area contributed by atoms with E-state index in [1.165, 1.54) is 6.42 Å². The normalized spacial score (nSPS) is 18.0. The second kappa shape index (κ2) is 6.57. The Labute approximate surface area is 143 Å². The van der Waals surface area contributed by atoms with Crippen LogP contribution in [-0.2, 0) is 0 Å². The fraction of sp³-hybridized carbons (Fsp3) is 0.375. The van der Waals surface area contributed by atoms with E-state index in [0.29, 0.717) is 5.56 Å². The highest BCUT2D eigenvalue weighted by molar-refractivity contribution is 14.1. The average Bonchev–Trinajstić information content (AvgIpc) is 2.58. The number of aromatic nitrogens is 3. The molecule has 0 aromatic carbocycles. The minimum atomic E-state index is 0.189. The summed E-state index contributed by atoms with van der Waals surface area (Å²) in [7, 11) is 0. The summed E-state index contributed by atoms with van der Waals surface area (Å²) in [6.07, 6.45) is 10.4. The number of anilines is 1. The van der Waals surface area contributed by atoms with Gasteiger partial charge in [0.05, 0.1) is 11.6 Å². The quantitative estimate of drug-likeness (QED) is 0.717. The van der Waals surface area contributed by atoms with Crippen LogP contribution in [-0.4, -0.2) is 21.5 Å². The van der Waals surface area contributed by atoms with Crippen molar-refractivity contribution in [1.29, 1.82) is 5.26 Å². The molecule has 0 amide bonds. The van der Waals surface area contributed by atoms with Crippen LogP contribution < -0.4 is 4.90 Å². The minimum Gasteiger partial charge on any atom is -0.348 e. The third-order valence-corrected chi connectivity index (χ3v) is 5.20. The van der Waals surface area contributed by atoms with Crippen molar-refractivity contribution in [1.82, 2.24) is 15.0 Å². The lowest BCUT2D eigenvalue weighted by Crippen LogP contribution is -2.35. The van der Waals surface area contributed by atoms with Gasteiger partial charge in [-0.15, -0.1) is 0 Å². The van der Waals surface area contributed by atoms with Gasteiger partial charge in [0.25, 0.3) is 0 Å². The van der Waals surface area contributed by atoms with Gasteiger partial charge in [0.15, 0.2) is 0 Å². The monoisotopic (exact) mass is 405 g/mol. The van der Waals surface area contributed by atoms with E-state index in [2.05, 4.69) is 48.5 Å². The van der Waals surface area contributed by atoms with Gasteiger partial charge in [-0.1, -0.05) is 0 Å². The molecule has 1 aliphatic rings. The molecule has 0 spiro atoms. The second-order valence-electron chi connectivity index (χ2n) is 5.42. The van der Waals surface area contributed by atoms with Crippen molar-refractivity contribution < 1.29 is 0 Å². The van der Waals surface area contributed by atoms with Crippen LogP contribution in [0.3, 0.4) is 0 Å². The van der Waals surface area contributed by atoms with Gasteiger partial charge in [-0.3, -0.25) is 0 Å². The van der Waals surface area contributed by atoms with E-state index < -0.39 is 0 Å². The van der Waals surface area contributed by atoms with Crippen molar-refractivity contribution in [2.75, 3.05) is 11.4 Å². The van der Waals surface area contributed by atoms with E-state index >= 15 is 0 Å². The Morgan fingerprint density at radius 1 is 1.27 bits per heavy atom. The van der Waals surface area contributed by atoms with E-state index in [-0.39, 0.29) is 6.04 Å². The van der Waals surface area contributed by atoms with Gasteiger partial charge in [-0.05, 0) is 54.3 Å². The molecule has 22 heavy (non-hydrogen) atoms. The zero-order valence-electron chi connectivity index (χ0n) is 12.3. The van der Waals surface area contributed by atoms with Crippen LogP contribution >= 0.6 is 22.6 Å². The number of hydrogen-bond acceptors (Lipinski definition) is 5. The summed E-state index contributed by atoms with van der Waals surface area (Å²) in [6.45, 7) is 2.89. The van der Waals surface area contributed by atoms with Crippen LogP contribution in [0.4, 0.5) is 5.82 Å². The molecule has 5 nitrogen and oxygen atoms in total. The Balaban J connectivity index is 2.06. The van der Waals surface area contributed by atoms with Crippen molar-refractivity contribution in [3.63, 3.8) is 0 Å². The molecule has 3 heterocycles. The van der Waals surface area contributed by atoms with Gasteiger partial charge in [0.2, 0.25) is 0 Å². The summed E-state index contributed by atoms with van der Waals surface area (Å²) in [6, 6.07) is 2.52. The molecule has 0 bridgehead atoms. The summed E-state index contributed by atoms with van der Waals surface area (Å²) >= 11 is 2.23. The van der Waals surface area contributed by atoms with Crippen LogP contribution in [0.1, 0.15) is 42.0 Å². The Morgan fingerprint density at radius 2 is 2.05 bits per heavy atom. The summed E-state index contributed by atoms with van der Waals surface area (Å²) in [5.74, 6) is 0.786. The SMILES string of the molecule is Cc1c(I)cnc(N2CCCCC2c2cncnc2)c1C#N. The van der Waals surface area contributed by atoms with Crippen molar-refractivity contribution in [2.24, 2.45) is 0 Å². The zero-order valence-corrected chi connectivity index (χ0v) is 14.5. The standard InChI is InChI=1S/C16H16IN5/c1-11-13(6-18)16(21-9-14(11)17)22-5-3-2-4-15(22)12-7-19-10-20-8-12/h7-10,15H,2-5H2,1H3. The lowest BCUT2D eigenvalue weighted by atomic mass is 9.96. The first-order chi connectivity index (χ1) is 10.7. The predicted octanol–water partition coefficient (Wildman–Crippen LogP) is 3.39. The van der Waals surface area contributed by atoms with Gasteiger partial charge >= 0.3 is 0 Å². The number of halogens is 1. The maximum absolute atomic E-state index is 9.57. The highest BCUT2D eigenvalue weighted by atomic mass is 127. The zero-order chi connectivity index (χ0) is 15.5. The summed E-state index contributed by atoms with van der Waals surface area (Å²) in [5.41, 5.74) is 2.77. The molecule has 1 unspecified atom stereocenters. The lowest BCUT2D eigenvalue weighted by Gasteiger charge is -2.37. The summed E-state index contributed by atoms with van der Waals surface area (Å²) in [4.78, 5) is 15.1. The molecule has 0 aliphatic carbocycles. The third-order valence-electron chi connectivity index (χ3n) is 4.11. The van der Waals surface area contributed by atoms with E-state index in [0.717, 1.165) is 39.9 Å². The van der Waals surface area contributed by atoms with Crippen molar-refractivity contribution >= 4 is 28.4 Å². The smallest absolute Gasteiger partial charge is 0.147 e. The maximum Gasteiger partial charge on any atom is 0.147 e. The molecule has 1 fully saturated rings. The Kier molecular flexibility index (Phi) is 4.52. The first kappa shape index (κ1) is 15.2. The number of rotatable bonds is 2. The Hall–Kier alpha value is -1.75. The lowest BCUT2D eigenvalue weighted by molar-refractivity contribution is 0.467. The van der Waals surface area contributed by atoms with Gasteiger partial charge in [-0.2, -0.15) is 5.26 Å². The maximum atomic E-state index is 9.57. The predicted molar refractivity (Wildman–Crippen MR) is 92.4 cm³/mol. The highest BCUT2D eigenvalue weighted by Crippen LogP contribution is 2.36. The number of pyridine rings is 1. The fourth-order valence-corrected chi connectivity index (χ4v) is 3.34. The van der Waals surface area contributed by atoms with Crippen molar-refractivity contribution in [2.45, 2.75) is 32.2 Å². The van der Waals surface area contributed by atoms with Crippen LogP contribution in [0.2, 0.25) is 0 Å². The molecular weight excluding hydrogens is 389 g/mol. The topological polar surface area (TPSA) is 65.7 Å². The van der Waals surface area contributed by atoms with Gasteiger partial charge in [0, 0.05) is 34.3 Å². The highest BCUT2D eigenvalue weighted by Gasteiger charge is 2.28. The molecule has 2 aromatic rings. The van der Waals surface area contributed by atoms with E-state index in [9.17, 15) is 5.26 Å². The molecule has 0 saturated carbocycles. The second-order valence-corrected chi connectivity index (χ2v) is 6.58. The third kappa shape index (κ3) is 2.77. The first-order valence-corrected chi connectivity index (χ1v) is 8.37. The first-order valence-electron chi connectivity index (χ1n) is 7.29. The van der Waals surface area contributed by atoms with Crippen LogP contribution in [0.25, 0.3) is 0 Å². The van der Waals surface area contributed by atoms with Crippen molar-refractivity contribution in [3.05, 3.63) is 45.2 Å². The minimum absolute atomic E-state index is 0.189. The molecule has 1 saturated heterocycles. The summed E-state index contributed by atoms with van der Waals surface area (Å²) < 4.78 is 1.02. The molecule has 1 aliphatic heterocycles. The van der Waals surface area contributed by atoms with Crippen LogP contribution in [0.5, 0.6) is 0 Å². The van der Waals surface area contributed by atoms with E-state index in [1.54, 1.807) is 6.33 Å². The average molecular weight is 405 g/mol. The molecule has 2 aromatic heterocycles. The molecule has 0 N–H and O–H groups in total. The molecule has 3 rings (SSSR count). The van der Waals surface area contributed by atoms with Gasteiger partial charge in [-0.25, -0.2) is 15.0 Å². The largest absolute Gasteiger partial charge is 0.348 e. The molecule has 112 valence electrons. The van der Waals surface area contributed by atoms with Crippen LogP contribution in [0.15, 0.2) is 24.9 Å². The Bertz CT molecular complexity index is 710. The fourth-order valence-electron chi connectivity index (χ4n) is 2.93.